The van der Waals surface area contributed by atoms with Crippen LogP contribution in [-0.2, 0) is 4.74 Å². The monoisotopic (exact) mass is 406 g/mol. The second-order valence-electron chi connectivity index (χ2n) is 5.22. The van der Waals surface area contributed by atoms with Gasteiger partial charge < -0.3 is 14.2 Å². The van der Waals surface area contributed by atoms with E-state index in [2.05, 4.69) is 15.9 Å². The highest BCUT2D eigenvalue weighted by Crippen LogP contribution is 2.28. The van der Waals surface area contributed by atoms with Gasteiger partial charge in [0.15, 0.2) is 23.9 Å². The summed E-state index contributed by atoms with van der Waals surface area (Å²) in [6.45, 7) is 2.24. The molecule has 132 valence electrons. The van der Waals surface area contributed by atoms with Crippen molar-refractivity contribution >= 4 is 27.7 Å². The van der Waals surface area contributed by atoms with E-state index in [0.717, 1.165) is 10.9 Å². The van der Waals surface area contributed by atoms with Crippen LogP contribution < -0.4 is 9.47 Å². The van der Waals surface area contributed by atoms with Crippen molar-refractivity contribution in [3.8, 4) is 11.5 Å². The van der Waals surface area contributed by atoms with Crippen LogP contribution in [-0.4, -0.2) is 32.1 Å². The minimum atomic E-state index is -0.592. The number of ketones is 1. The number of hydrogen-bond acceptors (Lipinski definition) is 5. The standard InChI is InChI=1S/C19H19BrO5/c1-3-10-24-17-9-6-14(11-18(17)23-2)19(22)25-12-16(21)13-4-7-15(20)8-5-13/h4-9,11H,3,10,12H2,1-2H3. The Morgan fingerprint density at radius 3 is 2.32 bits per heavy atom. The van der Waals surface area contributed by atoms with Crippen LogP contribution in [0.25, 0.3) is 0 Å². The van der Waals surface area contributed by atoms with Crippen LogP contribution in [0.5, 0.6) is 11.5 Å². The van der Waals surface area contributed by atoms with Crippen molar-refractivity contribution in [3.63, 3.8) is 0 Å². The number of methoxy groups -OCH3 is 1. The predicted octanol–water partition coefficient (Wildman–Crippen LogP) is 4.29. The first-order chi connectivity index (χ1) is 12.0. The van der Waals surface area contributed by atoms with E-state index < -0.39 is 5.97 Å². The second kappa shape index (κ2) is 9.22. The van der Waals surface area contributed by atoms with Crippen LogP contribution in [0.1, 0.15) is 34.1 Å². The molecule has 0 unspecified atom stereocenters. The molecule has 0 heterocycles. The molecule has 25 heavy (non-hydrogen) atoms. The van der Waals surface area contributed by atoms with Gasteiger partial charge in [-0.25, -0.2) is 4.79 Å². The molecule has 0 fully saturated rings. The quantitative estimate of drug-likeness (QED) is 0.483. The molecule has 0 spiro atoms. The van der Waals surface area contributed by atoms with Gasteiger partial charge in [0.05, 0.1) is 19.3 Å². The number of ether oxygens (including phenoxy) is 3. The molecule has 0 N–H and O–H groups in total. The van der Waals surface area contributed by atoms with Crippen LogP contribution >= 0.6 is 15.9 Å². The van der Waals surface area contributed by atoms with Crippen molar-refractivity contribution < 1.29 is 23.8 Å². The molecule has 0 aliphatic heterocycles. The number of benzene rings is 2. The molecule has 0 aliphatic rings. The molecule has 5 nitrogen and oxygen atoms in total. The Labute approximate surface area is 155 Å². The van der Waals surface area contributed by atoms with Crippen LogP contribution in [0.15, 0.2) is 46.9 Å². The van der Waals surface area contributed by atoms with Crippen LogP contribution in [0.3, 0.4) is 0 Å². The van der Waals surface area contributed by atoms with E-state index in [4.69, 9.17) is 14.2 Å². The fourth-order valence-corrected chi connectivity index (χ4v) is 2.32. The van der Waals surface area contributed by atoms with E-state index in [1.165, 1.54) is 13.2 Å². The molecule has 0 saturated carbocycles. The minimum Gasteiger partial charge on any atom is -0.493 e. The summed E-state index contributed by atoms with van der Waals surface area (Å²) in [5, 5.41) is 0. The molecular weight excluding hydrogens is 388 g/mol. The van der Waals surface area contributed by atoms with Gasteiger partial charge in [0.2, 0.25) is 0 Å². The first-order valence-corrected chi connectivity index (χ1v) is 8.61. The third-order valence-corrected chi connectivity index (χ3v) is 3.89. The van der Waals surface area contributed by atoms with E-state index in [0.29, 0.717) is 29.2 Å². The summed E-state index contributed by atoms with van der Waals surface area (Å²) in [5.41, 5.74) is 0.779. The molecule has 2 aromatic carbocycles. The van der Waals surface area contributed by atoms with Crippen molar-refractivity contribution in [3.05, 3.63) is 58.1 Å². The largest absolute Gasteiger partial charge is 0.493 e. The van der Waals surface area contributed by atoms with E-state index in [1.54, 1.807) is 36.4 Å². The third-order valence-electron chi connectivity index (χ3n) is 3.36. The molecule has 0 bridgehead atoms. The fourth-order valence-electron chi connectivity index (χ4n) is 2.06. The molecule has 0 saturated heterocycles. The number of esters is 1. The summed E-state index contributed by atoms with van der Waals surface area (Å²) in [7, 11) is 1.50. The van der Waals surface area contributed by atoms with Gasteiger partial charge in [-0.3, -0.25) is 4.79 Å². The molecule has 0 amide bonds. The van der Waals surface area contributed by atoms with Crippen molar-refractivity contribution in [2.24, 2.45) is 0 Å². The summed E-state index contributed by atoms with van der Waals surface area (Å²) in [6.07, 6.45) is 0.866. The topological polar surface area (TPSA) is 61.8 Å². The zero-order valence-corrected chi connectivity index (χ0v) is 15.7. The third kappa shape index (κ3) is 5.32. The minimum absolute atomic E-state index is 0.268. The summed E-state index contributed by atoms with van der Waals surface area (Å²) in [4.78, 5) is 24.2. The maximum Gasteiger partial charge on any atom is 0.338 e. The number of carbonyl (C=O) groups excluding carboxylic acids is 2. The van der Waals surface area contributed by atoms with Gasteiger partial charge in [-0.2, -0.15) is 0 Å². The molecule has 0 aliphatic carbocycles. The van der Waals surface area contributed by atoms with Crippen molar-refractivity contribution in [2.45, 2.75) is 13.3 Å². The zero-order valence-electron chi connectivity index (χ0n) is 14.1. The SMILES string of the molecule is CCCOc1ccc(C(=O)OCC(=O)c2ccc(Br)cc2)cc1OC. The Hall–Kier alpha value is -2.34. The maximum absolute atomic E-state index is 12.1. The highest BCUT2D eigenvalue weighted by Gasteiger charge is 2.14. The lowest BCUT2D eigenvalue weighted by atomic mass is 10.1. The van der Waals surface area contributed by atoms with Gasteiger partial charge in [-0.15, -0.1) is 0 Å². The summed E-state index contributed by atoms with van der Waals surface area (Å²) < 4.78 is 16.7. The molecule has 0 aromatic heterocycles. The number of halogens is 1. The number of hydrogen-bond donors (Lipinski definition) is 0. The first kappa shape index (κ1) is 19.0. The highest BCUT2D eigenvalue weighted by molar-refractivity contribution is 9.10. The lowest BCUT2D eigenvalue weighted by Crippen LogP contribution is -2.14. The smallest absolute Gasteiger partial charge is 0.338 e. The van der Waals surface area contributed by atoms with Gasteiger partial charge in [0.1, 0.15) is 0 Å². The second-order valence-corrected chi connectivity index (χ2v) is 6.14. The molecular formula is C19H19BrO5. The molecule has 0 radical (unpaired) electrons. The molecule has 6 heteroatoms. The van der Waals surface area contributed by atoms with Crippen molar-refractivity contribution in [1.29, 1.82) is 0 Å². The van der Waals surface area contributed by atoms with Gasteiger partial charge >= 0.3 is 5.97 Å². The highest BCUT2D eigenvalue weighted by atomic mass is 79.9. The van der Waals surface area contributed by atoms with Crippen molar-refractivity contribution in [2.75, 3.05) is 20.3 Å². The van der Waals surface area contributed by atoms with Crippen LogP contribution in [0, 0.1) is 0 Å². The van der Waals surface area contributed by atoms with Gasteiger partial charge in [0, 0.05) is 10.0 Å². The van der Waals surface area contributed by atoms with E-state index in [-0.39, 0.29) is 12.4 Å². The van der Waals surface area contributed by atoms with Crippen LogP contribution in [0.4, 0.5) is 0 Å². The van der Waals surface area contributed by atoms with E-state index >= 15 is 0 Å². The number of carbonyl (C=O) groups is 2. The number of Topliss-reactive ketones (excluding diaryl/α,β-unsaturated/α-hetero) is 1. The lowest BCUT2D eigenvalue weighted by Gasteiger charge is -2.11. The van der Waals surface area contributed by atoms with Crippen LogP contribution in [0.2, 0.25) is 0 Å². The molecule has 2 aromatic rings. The van der Waals surface area contributed by atoms with E-state index in [9.17, 15) is 9.59 Å². The lowest BCUT2D eigenvalue weighted by molar-refractivity contribution is 0.0474. The predicted molar refractivity (Wildman–Crippen MR) is 97.5 cm³/mol. The molecule has 2 rings (SSSR count). The zero-order chi connectivity index (χ0) is 18.2. The van der Waals surface area contributed by atoms with Gasteiger partial charge in [0.25, 0.3) is 0 Å². The van der Waals surface area contributed by atoms with E-state index in [1.807, 2.05) is 6.92 Å². The Bertz CT molecular complexity index is 740. The Balaban J connectivity index is 2.00. The average Bonchev–Trinajstić information content (AvgIpc) is 2.64. The van der Waals surface area contributed by atoms with Gasteiger partial charge in [-0.1, -0.05) is 35.0 Å². The summed E-state index contributed by atoms with van der Waals surface area (Å²) >= 11 is 3.30. The molecule has 0 atom stereocenters. The normalized spacial score (nSPS) is 10.2. The first-order valence-electron chi connectivity index (χ1n) is 7.82. The number of rotatable bonds is 8. The van der Waals surface area contributed by atoms with Gasteiger partial charge in [-0.05, 0) is 36.8 Å². The Kier molecular flexibility index (Phi) is 7.01. The Morgan fingerprint density at radius 2 is 1.68 bits per heavy atom. The average molecular weight is 407 g/mol. The summed E-state index contributed by atoms with van der Waals surface area (Å²) in [5.74, 6) is 0.149. The maximum atomic E-state index is 12.1. The fraction of sp³-hybridized carbons (Fsp3) is 0.263. The summed E-state index contributed by atoms with van der Waals surface area (Å²) in [6, 6.07) is 11.6. The van der Waals surface area contributed by atoms with Crippen molar-refractivity contribution in [1.82, 2.24) is 0 Å². The Morgan fingerprint density at radius 1 is 1.00 bits per heavy atom.